The van der Waals surface area contributed by atoms with Crippen LogP contribution in [0.4, 0.5) is 11.4 Å². The SMILES string of the molecule is NC(CC(=O)O)C(=O)Nc1ccccc1N1CCCC1=O. The maximum Gasteiger partial charge on any atom is 0.305 e. The van der Waals surface area contributed by atoms with Crippen LogP contribution in [0.3, 0.4) is 0 Å². The Hall–Kier alpha value is -2.41. The molecule has 0 radical (unpaired) electrons. The molecule has 112 valence electrons. The van der Waals surface area contributed by atoms with Crippen molar-refractivity contribution >= 4 is 29.2 Å². The van der Waals surface area contributed by atoms with Crippen LogP contribution in [0.2, 0.25) is 0 Å². The third-order valence-corrected chi connectivity index (χ3v) is 3.26. The zero-order valence-corrected chi connectivity index (χ0v) is 11.4. The fraction of sp³-hybridized carbons (Fsp3) is 0.357. The van der Waals surface area contributed by atoms with E-state index in [1.165, 1.54) is 0 Å². The van der Waals surface area contributed by atoms with Gasteiger partial charge < -0.3 is 21.1 Å². The number of carboxylic acids is 1. The lowest BCUT2D eigenvalue weighted by molar-refractivity contribution is -0.138. The van der Waals surface area contributed by atoms with Crippen molar-refractivity contribution in [1.82, 2.24) is 0 Å². The summed E-state index contributed by atoms with van der Waals surface area (Å²) in [5, 5.41) is 11.2. The van der Waals surface area contributed by atoms with Crippen molar-refractivity contribution in [2.24, 2.45) is 5.73 Å². The van der Waals surface area contributed by atoms with Crippen LogP contribution >= 0.6 is 0 Å². The number of nitrogens with two attached hydrogens (primary N) is 1. The molecule has 0 aromatic heterocycles. The molecule has 1 aliphatic heterocycles. The Bertz CT molecular complexity index is 573. The molecule has 1 atom stereocenters. The quantitative estimate of drug-likeness (QED) is 0.733. The first-order chi connectivity index (χ1) is 9.99. The highest BCUT2D eigenvalue weighted by atomic mass is 16.4. The standard InChI is InChI=1S/C14H17N3O4/c15-9(8-13(19)20)14(21)16-10-4-1-2-5-11(10)17-7-3-6-12(17)18/h1-2,4-5,9H,3,6-8,15H2,(H,16,21)(H,19,20). The molecule has 1 aliphatic rings. The Balaban J connectivity index is 2.15. The Kier molecular flexibility index (Phi) is 4.54. The number of nitrogens with zero attached hydrogens (tertiary/aromatic N) is 1. The van der Waals surface area contributed by atoms with Crippen LogP contribution in [0.25, 0.3) is 0 Å². The van der Waals surface area contributed by atoms with Crippen molar-refractivity contribution in [2.45, 2.75) is 25.3 Å². The summed E-state index contributed by atoms with van der Waals surface area (Å²) in [6.45, 7) is 0.604. The van der Waals surface area contributed by atoms with E-state index in [1.54, 1.807) is 29.2 Å². The van der Waals surface area contributed by atoms with Gasteiger partial charge in [0.2, 0.25) is 11.8 Å². The van der Waals surface area contributed by atoms with Gasteiger partial charge in [-0.1, -0.05) is 12.1 Å². The van der Waals surface area contributed by atoms with Gasteiger partial charge in [-0.25, -0.2) is 0 Å². The number of hydrogen-bond acceptors (Lipinski definition) is 4. The number of carbonyl (C=O) groups excluding carboxylic acids is 2. The van der Waals surface area contributed by atoms with Gasteiger partial charge >= 0.3 is 5.97 Å². The molecule has 4 N–H and O–H groups in total. The molecule has 1 aromatic carbocycles. The van der Waals surface area contributed by atoms with Crippen molar-refractivity contribution in [3.63, 3.8) is 0 Å². The van der Waals surface area contributed by atoms with Gasteiger partial charge in [-0.2, -0.15) is 0 Å². The molecule has 0 saturated carbocycles. The van der Waals surface area contributed by atoms with E-state index in [2.05, 4.69) is 5.32 Å². The third-order valence-electron chi connectivity index (χ3n) is 3.26. The number of carbonyl (C=O) groups is 3. The number of nitrogens with one attached hydrogen (secondary N) is 1. The average Bonchev–Trinajstić information content (AvgIpc) is 2.84. The summed E-state index contributed by atoms with van der Waals surface area (Å²) >= 11 is 0. The zero-order valence-electron chi connectivity index (χ0n) is 11.4. The molecular weight excluding hydrogens is 274 g/mol. The van der Waals surface area contributed by atoms with E-state index in [-0.39, 0.29) is 5.91 Å². The van der Waals surface area contributed by atoms with Crippen LogP contribution in [-0.4, -0.2) is 35.5 Å². The normalized spacial score (nSPS) is 15.9. The van der Waals surface area contributed by atoms with Crippen molar-refractivity contribution in [1.29, 1.82) is 0 Å². The predicted octanol–water partition coefficient (Wildman–Crippen LogP) is 0.554. The summed E-state index contributed by atoms with van der Waals surface area (Å²) in [7, 11) is 0. The van der Waals surface area contributed by atoms with Crippen LogP contribution in [0, 0.1) is 0 Å². The second kappa shape index (κ2) is 6.36. The van der Waals surface area contributed by atoms with Crippen molar-refractivity contribution in [2.75, 3.05) is 16.8 Å². The molecular formula is C14H17N3O4. The highest BCUT2D eigenvalue weighted by molar-refractivity contribution is 6.03. The molecule has 1 fully saturated rings. The Morgan fingerprint density at radius 2 is 2.10 bits per heavy atom. The molecule has 1 heterocycles. The average molecular weight is 291 g/mol. The fourth-order valence-corrected chi connectivity index (χ4v) is 2.22. The van der Waals surface area contributed by atoms with E-state index in [1.807, 2.05) is 0 Å². The summed E-state index contributed by atoms with van der Waals surface area (Å²) in [4.78, 5) is 35.9. The van der Waals surface area contributed by atoms with Gasteiger partial charge in [0.1, 0.15) is 0 Å². The molecule has 0 spiro atoms. The van der Waals surface area contributed by atoms with Crippen molar-refractivity contribution in [3.8, 4) is 0 Å². The number of hydrogen-bond donors (Lipinski definition) is 3. The van der Waals surface area contributed by atoms with E-state index in [0.29, 0.717) is 24.3 Å². The lowest BCUT2D eigenvalue weighted by atomic mass is 10.2. The van der Waals surface area contributed by atoms with E-state index >= 15 is 0 Å². The zero-order chi connectivity index (χ0) is 15.4. The number of anilines is 2. The maximum atomic E-state index is 11.9. The monoisotopic (exact) mass is 291 g/mol. The van der Waals surface area contributed by atoms with Gasteiger partial charge in [0, 0.05) is 13.0 Å². The summed E-state index contributed by atoms with van der Waals surface area (Å²) < 4.78 is 0. The van der Waals surface area contributed by atoms with Gasteiger partial charge in [-0.15, -0.1) is 0 Å². The summed E-state index contributed by atoms with van der Waals surface area (Å²) in [6.07, 6.45) is 0.817. The minimum absolute atomic E-state index is 0.00605. The number of para-hydroxylation sites is 2. The van der Waals surface area contributed by atoms with Gasteiger partial charge in [0.25, 0.3) is 0 Å². The minimum atomic E-state index is -1.14. The number of rotatable bonds is 5. The van der Waals surface area contributed by atoms with Crippen LogP contribution in [0.1, 0.15) is 19.3 Å². The topological polar surface area (TPSA) is 113 Å². The number of amides is 2. The Morgan fingerprint density at radius 1 is 1.38 bits per heavy atom. The molecule has 7 nitrogen and oxygen atoms in total. The highest BCUT2D eigenvalue weighted by Gasteiger charge is 2.25. The van der Waals surface area contributed by atoms with Crippen LogP contribution in [-0.2, 0) is 14.4 Å². The van der Waals surface area contributed by atoms with Crippen molar-refractivity contribution in [3.05, 3.63) is 24.3 Å². The largest absolute Gasteiger partial charge is 0.481 e. The van der Waals surface area contributed by atoms with Crippen LogP contribution in [0.5, 0.6) is 0 Å². The van der Waals surface area contributed by atoms with Gasteiger partial charge in [0.05, 0.1) is 23.8 Å². The second-order valence-corrected chi connectivity index (χ2v) is 4.86. The van der Waals surface area contributed by atoms with Crippen LogP contribution < -0.4 is 16.0 Å². The van der Waals surface area contributed by atoms with E-state index in [9.17, 15) is 14.4 Å². The Labute approximate surface area is 121 Å². The molecule has 0 bridgehead atoms. The summed E-state index contributed by atoms with van der Waals surface area (Å²) in [5.74, 6) is -1.72. The molecule has 1 aromatic rings. The van der Waals surface area contributed by atoms with E-state index in [4.69, 9.17) is 10.8 Å². The maximum absolute atomic E-state index is 11.9. The minimum Gasteiger partial charge on any atom is -0.481 e. The number of aliphatic carboxylic acids is 1. The second-order valence-electron chi connectivity index (χ2n) is 4.86. The fourth-order valence-electron chi connectivity index (χ4n) is 2.22. The molecule has 21 heavy (non-hydrogen) atoms. The smallest absolute Gasteiger partial charge is 0.305 e. The molecule has 2 amide bonds. The number of carboxylic acid groups (broad SMARTS) is 1. The molecule has 2 rings (SSSR count). The van der Waals surface area contributed by atoms with Crippen LogP contribution in [0.15, 0.2) is 24.3 Å². The van der Waals surface area contributed by atoms with Gasteiger partial charge in [-0.05, 0) is 18.6 Å². The van der Waals surface area contributed by atoms with Gasteiger partial charge in [-0.3, -0.25) is 14.4 Å². The third kappa shape index (κ3) is 3.57. The van der Waals surface area contributed by atoms with Gasteiger partial charge in [0.15, 0.2) is 0 Å². The highest BCUT2D eigenvalue weighted by Crippen LogP contribution is 2.29. The first-order valence-electron chi connectivity index (χ1n) is 6.66. The molecule has 1 unspecified atom stereocenters. The molecule has 7 heteroatoms. The predicted molar refractivity (Wildman–Crippen MR) is 76.9 cm³/mol. The molecule has 1 saturated heterocycles. The van der Waals surface area contributed by atoms with E-state index < -0.39 is 24.3 Å². The summed E-state index contributed by atoms with van der Waals surface area (Å²) in [5.41, 5.74) is 6.59. The number of benzene rings is 1. The Morgan fingerprint density at radius 3 is 2.71 bits per heavy atom. The van der Waals surface area contributed by atoms with Crippen molar-refractivity contribution < 1.29 is 19.5 Å². The lowest BCUT2D eigenvalue weighted by Crippen LogP contribution is -2.38. The summed E-state index contributed by atoms with van der Waals surface area (Å²) in [6, 6.07) is 5.76. The lowest BCUT2D eigenvalue weighted by Gasteiger charge is -2.20. The first-order valence-corrected chi connectivity index (χ1v) is 6.66. The van der Waals surface area contributed by atoms with E-state index in [0.717, 1.165) is 6.42 Å². The molecule has 0 aliphatic carbocycles. The first kappa shape index (κ1) is 15.0.